The van der Waals surface area contributed by atoms with Crippen LogP contribution in [0.25, 0.3) is 5.65 Å². The van der Waals surface area contributed by atoms with Crippen LogP contribution >= 0.6 is 0 Å². The molecule has 0 unspecified atom stereocenters. The number of anilines is 2. The molecule has 0 amide bonds. The van der Waals surface area contributed by atoms with E-state index in [0.717, 1.165) is 35.0 Å². The predicted octanol–water partition coefficient (Wildman–Crippen LogP) is 4.29. The molecule has 114 valence electrons. The fourth-order valence-electron chi connectivity index (χ4n) is 2.52. The van der Waals surface area contributed by atoms with Gasteiger partial charge in [0.1, 0.15) is 17.2 Å². The zero-order valence-corrected chi connectivity index (χ0v) is 13.2. The van der Waals surface area contributed by atoms with Crippen LogP contribution in [0, 0.1) is 5.92 Å². The highest BCUT2D eigenvalue weighted by Gasteiger charge is 2.13. The van der Waals surface area contributed by atoms with Gasteiger partial charge in [0.05, 0.1) is 12.8 Å². The molecule has 0 bridgehead atoms. The lowest BCUT2D eigenvalue weighted by Crippen LogP contribution is -2.01. The molecule has 0 saturated heterocycles. The van der Waals surface area contributed by atoms with Crippen LogP contribution < -0.4 is 10.1 Å². The van der Waals surface area contributed by atoms with Crippen LogP contribution in [0.3, 0.4) is 0 Å². The maximum atomic E-state index is 5.21. The first kappa shape index (κ1) is 14.4. The Bertz CT molecular complexity index is 760. The van der Waals surface area contributed by atoms with Gasteiger partial charge in [-0.3, -0.25) is 4.40 Å². The maximum Gasteiger partial charge on any atom is 0.138 e. The van der Waals surface area contributed by atoms with E-state index in [4.69, 9.17) is 9.72 Å². The summed E-state index contributed by atoms with van der Waals surface area (Å²) in [5.74, 6) is 2.45. The van der Waals surface area contributed by atoms with Crippen molar-refractivity contribution in [1.29, 1.82) is 0 Å². The van der Waals surface area contributed by atoms with E-state index in [2.05, 4.69) is 23.6 Å². The second-order valence-corrected chi connectivity index (χ2v) is 5.79. The molecule has 4 nitrogen and oxygen atoms in total. The Balaban J connectivity index is 1.99. The zero-order chi connectivity index (χ0) is 15.5. The van der Waals surface area contributed by atoms with Crippen LogP contribution in [0.4, 0.5) is 11.5 Å². The van der Waals surface area contributed by atoms with Crippen LogP contribution in [0.5, 0.6) is 5.75 Å². The SMILES string of the molecule is COc1ccc(Nc2c(CC(C)C)nc3ccccn23)cc1. The minimum atomic E-state index is 0.557. The summed E-state index contributed by atoms with van der Waals surface area (Å²) in [6, 6.07) is 14.0. The average molecular weight is 295 g/mol. The molecule has 2 heterocycles. The van der Waals surface area contributed by atoms with Crippen LogP contribution in [0.15, 0.2) is 48.7 Å². The summed E-state index contributed by atoms with van der Waals surface area (Å²) in [7, 11) is 1.67. The molecule has 2 aromatic heterocycles. The van der Waals surface area contributed by atoms with Crippen molar-refractivity contribution in [3.63, 3.8) is 0 Å². The molecule has 0 aliphatic heterocycles. The Morgan fingerprint density at radius 3 is 2.59 bits per heavy atom. The van der Waals surface area contributed by atoms with Crippen LogP contribution in [0.1, 0.15) is 19.5 Å². The standard InChI is InChI=1S/C18H21N3O/c1-13(2)12-16-18(21-11-5-4-6-17(21)20-16)19-14-7-9-15(22-3)10-8-14/h4-11,13,19H,12H2,1-3H3. The smallest absolute Gasteiger partial charge is 0.138 e. The number of nitrogens with one attached hydrogen (secondary N) is 1. The van der Waals surface area contributed by atoms with Crippen LogP contribution in [-0.4, -0.2) is 16.5 Å². The topological polar surface area (TPSA) is 38.6 Å². The van der Waals surface area contributed by atoms with Crippen molar-refractivity contribution in [3.05, 3.63) is 54.4 Å². The highest BCUT2D eigenvalue weighted by Crippen LogP contribution is 2.26. The van der Waals surface area contributed by atoms with Gasteiger partial charge in [0.2, 0.25) is 0 Å². The third-order valence-electron chi connectivity index (χ3n) is 3.56. The highest BCUT2D eigenvalue weighted by molar-refractivity contribution is 5.64. The maximum absolute atomic E-state index is 5.21. The van der Waals surface area contributed by atoms with Crippen molar-refractivity contribution in [2.75, 3.05) is 12.4 Å². The highest BCUT2D eigenvalue weighted by atomic mass is 16.5. The summed E-state index contributed by atoms with van der Waals surface area (Å²) in [5, 5.41) is 3.50. The summed E-state index contributed by atoms with van der Waals surface area (Å²) in [4.78, 5) is 4.76. The molecular formula is C18H21N3O. The van der Waals surface area contributed by atoms with Crippen molar-refractivity contribution in [1.82, 2.24) is 9.38 Å². The summed E-state index contributed by atoms with van der Waals surface area (Å²) in [6.07, 6.45) is 2.98. The molecule has 0 radical (unpaired) electrons. The van der Waals surface area contributed by atoms with Gasteiger partial charge in [0, 0.05) is 11.9 Å². The van der Waals surface area contributed by atoms with E-state index in [0.29, 0.717) is 5.92 Å². The summed E-state index contributed by atoms with van der Waals surface area (Å²) >= 11 is 0. The Labute approximate surface area is 130 Å². The summed E-state index contributed by atoms with van der Waals surface area (Å²) in [6.45, 7) is 4.42. The summed E-state index contributed by atoms with van der Waals surface area (Å²) < 4.78 is 7.30. The molecule has 1 aromatic carbocycles. The molecule has 0 aliphatic carbocycles. The molecule has 0 spiro atoms. The van der Waals surface area contributed by atoms with Gasteiger partial charge < -0.3 is 10.1 Å². The van der Waals surface area contributed by atoms with Gasteiger partial charge >= 0.3 is 0 Å². The molecule has 0 saturated carbocycles. The van der Waals surface area contributed by atoms with Crippen molar-refractivity contribution in [2.24, 2.45) is 5.92 Å². The second kappa shape index (κ2) is 6.10. The van der Waals surface area contributed by atoms with Gasteiger partial charge in [-0.05, 0) is 48.7 Å². The second-order valence-electron chi connectivity index (χ2n) is 5.79. The van der Waals surface area contributed by atoms with Gasteiger partial charge in [0.25, 0.3) is 0 Å². The lowest BCUT2D eigenvalue weighted by molar-refractivity contribution is 0.415. The monoisotopic (exact) mass is 295 g/mol. The number of fused-ring (bicyclic) bond motifs is 1. The first-order valence-electron chi connectivity index (χ1n) is 7.54. The van der Waals surface area contributed by atoms with E-state index in [9.17, 15) is 0 Å². The lowest BCUT2D eigenvalue weighted by atomic mass is 10.1. The van der Waals surface area contributed by atoms with E-state index < -0.39 is 0 Å². The van der Waals surface area contributed by atoms with Crippen molar-refractivity contribution in [2.45, 2.75) is 20.3 Å². The summed E-state index contributed by atoms with van der Waals surface area (Å²) in [5.41, 5.74) is 3.09. The molecule has 3 aromatic rings. The molecule has 0 atom stereocenters. The predicted molar refractivity (Wildman–Crippen MR) is 90.0 cm³/mol. The Hall–Kier alpha value is -2.49. The Morgan fingerprint density at radius 1 is 1.14 bits per heavy atom. The largest absolute Gasteiger partial charge is 0.497 e. The lowest BCUT2D eigenvalue weighted by Gasteiger charge is -2.10. The Kier molecular flexibility index (Phi) is 4.00. The number of pyridine rings is 1. The molecule has 22 heavy (non-hydrogen) atoms. The molecule has 0 fully saturated rings. The van der Waals surface area contributed by atoms with E-state index >= 15 is 0 Å². The number of ether oxygens (including phenoxy) is 1. The fourth-order valence-corrected chi connectivity index (χ4v) is 2.52. The third-order valence-corrected chi connectivity index (χ3v) is 3.56. The van der Waals surface area contributed by atoms with Crippen molar-refractivity contribution >= 4 is 17.2 Å². The number of hydrogen-bond donors (Lipinski definition) is 1. The molecule has 4 heteroatoms. The van der Waals surface area contributed by atoms with Crippen molar-refractivity contribution < 1.29 is 4.74 Å². The first-order chi connectivity index (χ1) is 10.7. The number of benzene rings is 1. The number of methoxy groups -OCH3 is 1. The molecule has 1 N–H and O–H groups in total. The number of hydrogen-bond acceptors (Lipinski definition) is 3. The third kappa shape index (κ3) is 2.91. The van der Waals surface area contributed by atoms with E-state index in [1.807, 2.05) is 48.7 Å². The Morgan fingerprint density at radius 2 is 1.91 bits per heavy atom. The minimum absolute atomic E-state index is 0.557. The zero-order valence-electron chi connectivity index (χ0n) is 13.2. The first-order valence-corrected chi connectivity index (χ1v) is 7.54. The number of nitrogens with zero attached hydrogens (tertiary/aromatic N) is 2. The van der Waals surface area contributed by atoms with Gasteiger partial charge in [0.15, 0.2) is 0 Å². The normalized spacial score (nSPS) is 11.1. The van der Waals surface area contributed by atoms with Crippen LogP contribution in [0.2, 0.25) is 0 Å². The molecule has 3 rings (SSSR count). The minimum Gasteiger partial charge on any atom is -0.497 e. The van der Waals surface area contributed by atoms with Crippen LogP contribution in [-0.2, 0) is 6.42 Å². The molecule has 0 aliphatic rings. The van der Waals surface area contributed by atoms with Gasteiger partial charge in [-0.15, -0.1) is 0 Å². The quantitative estimate of drug-likeness (QED) is 0.763. The average Bonchev–Trinajstić information content (AvgIpc) is 2.85. The van der Waals surface area contributed by atoms with E-state index in [-0.39, 0.29) is 0 Å². The van der Waals surface area contributed by atoms with Crippen molar-refractivity contribution in [3.8, 4) is 5.75 Å². The molecular weight excluding hydrogens is 274 g/mol. The van der Waals surface area contributed by atoms with E-state index in [1.54, 1.807) is 7.11 Å². The number of aromatic nitrogens is 2. The van der Waals surface area contributed by atoms with E-state index in [1.165, 1.54) is 0 Å². The van der Waals surface area contributed by atoms with Gasteiger partial charge in [-0.25, -0.2) is 4.98 Å². The number of rotatable bonds is 5. The number of imidazole rings is 1. The van der Waals surface area contributed by atoms with Gasteiger partial charge in [-0.2, -0.15) is 0 Å². The fraction of sp³-hybridized carbons (Fsp3) is 0.278. The van der Waals surface area contributed by atoms with Gasteiger partial charge in [-0.1, -0.05) is 19.9 Å².